The maximum atomic E-state index is 13.8. The van der Waals surface area contributed by atoms with E-state index in [0.29, 0.717) is 16.8 Å². The van der Waals surface area contributed by atoms with E-state index in [9.17, 15) is 17.6 Å². The van der Waals surface area contributed by atoms with E-state index in [2.05, 4.69) is 0 Å². The Kier molecular flexibility index (Phi) is 5.81. The zero-order valence-electron chi connectivity index (χ0n) is 15.4. The van der Waals surface area contributed by atoms with Crippen LogP contribution in [0.1, 0.15) is 15.9 Å². The van der Waals surface area contributed by atoms with E-state index in [1.165, 1.54) is 22.3 Å². The Morgan fingerprint density at radius 2 is 1.68 bits per heavy atom. The average Bonchev–Trinajstić information content (AvgIpc) is 3.24. The second-order valence-electron chi connectivity index (χ2n) is 6.20. The van der Waals surface area contributed by atoms with Gasteiger partial charge in [-0.3, -0.25) is 9.10 Å². The number of carbonyl (C=O) groups is 1. The number of hydrogen-bond acceptors (Lipinski definition) is 4. The number of amides is 1. The number of halogens is 1. The van der Waals surface area contributed by atoms with Gasteiger partial charge in [-0.05, 0) is 41.8 Å². The molecule has 0 N–H and O–H groups in total. The van der Waals surface area contributed by atoms with Crippen LogP contribution in [0.25, 0.3) is 0 Å². The summed E-state index contributed by atoms with van der Waals surface area (Å²) in [5.74, 6) is -0.642. The zero-order valence-corrected chi connectivity index (χ0v) is 17.0. The normalized spacial score (nSPS) is 11.2. The van der Waals surface area contributed by atoms with Gasteiger partial charge in [0.25, 0.3) is 15.9 Å². The molecule has 0 spiro atoms. The Balaban J connectivity index is 1.75. The molecule has 5 nitrogen and oxygen atoms in total. The van der Waals surface area contributed by atoms with Gasteiger partial charge in [0, 0.05) is 31.8 Å². The highest BCUT2D eigenvalue weighted by Crippen LogP contribution is 2.25. The molecule has 0 bridgehead atoms. The highest BCUT2D eigenvalue weighted by Gasteiger charge is 2.22. The number of thiophene rings is 1. The molecule has 2 aromatic carbocycles. The molecule has 0 unspecified atom stereocenters. The summed E-state index contributed by atoms with van der Waals surface area (Å²) in [5, 5.41) is 1.70. The summed E-state index contributed by atoms with van der Waals surface area (Å²) in [7, 11) is -0.567. The molecule has 0 saturated heterocycles. The number of benzene rings is 2. The Bertz CT molecular complexity index is 1070. The highest BCUT2D eigenvalue weighted by atomic mass is 32.2. The topological polar surface area (TPSA) is 57.7 Å². The maximum Gasteiger partial charge on any atom is 0.273 e. The van der Waals surface area contributed by atoms with Crippen LogP contribution in [0.4, 0.5) is 10.1 Å². The van der Waals surface area contributed by atoms with Gasteiger partial charge in [0.2, 0.25) is 0 Å². The summed E-state index contributed by atoms with van der Waals surface area (Å²) in [6.07, 6.45) is 0. The smallest absolute Gasteiger partial charge is 0.273 e. The zero-order chi connectivity index (χ0) is 20.3. The number of sulfonamides is 1. The van der Waals surface area contributed by atoms with Crippen LogP contribution in [0.3, 0.4) is 0 Å². The molecular formula is C20H19FN2O3S2. The van der Waals surface area contributed by atoms with Gasteiger partial charge in [-0.2, -0.15) is 0 Å². The van der Waals surface area contributed by atoms with Crippen molar-refractivity contribution in [2.24, 2.45) is 0 Å². The van der Waals surface area contributed by atoms with Crippen molar-refractivity contribution in [1.29, 1.82) is 0 Å². The van der Waals surface area contributed by atoms with Gasteiger partial charge >= 0.3 is 0 Å². The minimum Gasteiger partial charge on any atom is -0.337 e. The summed E-state index contributed by atoms with van der Waals surface area (Å²) < 4.78 is 40.4. The van der Waals surface area contributed by atoms with E-state index in [-0.39, 0.29) is 22.5 Å². The maximum absolute atomic E-state index is 13.8. The summed E-state index contributed by atoms with van der Waals surface area (Å²) in [5.41, 5.74) is 1.27. The van der Waals surface area contributed by atoms with Gasteiger partial charge in [0.15, 0.2) is 0 Å². The third kappa shape index (κ3) is 4.07. The summed E-state index contributed by atoms with van der Waals surface area (Å²) in [4.78, 5) is 14.0. The standard InChI is InChI=1S/C20H19FN2O3S2/c1-22(14-16-6-3-4-7-18(16)21)20(24)15-9-11-17(12-10-15)23(2)28(25,26)19-8-5-13-27-19/h3-13H,14H2,1-2H3. The molecule has 0 aliphatic carbocycles. The fraction of sp³-hybridized carbons (Fsp3) is 0.150. The first-order chi connectivity index (χ1) is 13.3. The molecule has 1 amide bonds. The molecular weight excluding hydrogens is 399 g/mol. The molecule has 0 aliphatic heterocycles. The Morgan fingerprint density at radius 3 is 2.29 bits per heavy atom. The molecule has 0 aliphatic rings. The third-order valence-electron chi connectivity index (χ3n) is 4.30. The molecule has 3 rings (SSSR count). The summed E-state index contributed by atoms with van der Waals surface area (Å²) in [6.45, 7) is 0.139. The SMILES string of the molecule is CN(Cc1ccccc1F)C(=O)c1ccc(N(C)S(=O)(=O)c2cccs2)cc1. The largest absolute Gasteiger partial charge is 0.337 e. The molecule has 0 radical (unpaired) electrons. The van der Waals surface area contributed by atoms with Gasteiger partial charge in [-0.1, -0.05) is 24.3 Å². The molecule has 146 valence electrons. The van der Waals surface area contributed by atoms with Crippen LogP contribution < -0.4 is 4.31 Å². The molecule has 0 atom stereocenters. The van der Waals surface area contributed by atoms with Crippen molar-refractivity contribution in [2.45, 2.75) is 10.8 Å². The van der Waals surface area contributed by atoms with E-state index in [4.69, 9.17) is 0 Å². The molecule has 0 fully saturated rings. The predicted octanol–water partition coefficient (Wildman–Crippen LogP) is 3.98. The number of nitrogens with zero attached hydrogens (tertiary/aromatic N) is 2. The van der Waals surface area contributed by atoms with E-state index in [0.717, 1.165) is 11.3 Å². The molecule has 1 aromatic heterocycles. The summed E-state index contributed by atoms with van der Waals surface area (Å²) >= 11 is 1.15. The van der Waals surface area contributed by atoms with Crippen molar-refractivity contribution in [3.05, 3.63) is 83.0 Å². The van der Waals surface area contributed by atoms with Gasteiger partial charge in [0.1, 0.15) is 10.0 Å². The molecule has 8 heteroatoms. The number of anilines is 1. The fourth-order valence-electron chi connectivity index (χ4n) is 2.67. The van der Waals surface area contributed by atoms with Crippen LogP contribution >= 0.6 is 11.3 Å². The van der Waals surface area contributed by atoms with E-state index >= 15 is 0 Å². The van der Waals surface area contributed by atoms with Crippen molar-refractivity contribution in [1.82, 2.24) is 4.90 Å². The molecule has 28 heavy (non-hydrogen) atoms. The van der Waals surface area contributed by atoms with Gasteiger partial charge in [0.05, 0.1) is 5.69 Å². The Morgan fingerprint density at radius 1 is 1.00 bits per heavy atom. The van der Waals surface area contributed by atoms with Crippen molar-refractivity contribution in [2.75, 3.05) is 18.4 Å². The van der Waals surface area contributed by atoms with Crippen molar-refractivity contribution >= 4 is 33.0 Å². The lowest BCUT2D eigenvalue weighted by molar-refractivity contribution is 0.0784. The predicted molar refractivity (Wildman–Crippen MR) is 109 cm³/mol. The van der Waals surface area contributed by atoms with Crippen molar-refractivity contribution in [3.8, 4) is 0 Å². The van der Waals surface area contributed by atoms with Gasteiger partial charge in [-0.25, -0.2) is 12.8 Å². The van der Waals surface area contributed by atoms with Gasteiger partial charge < -0.3 is 4.90 Å². The van der Waals surface area contributed by atoms with Gasteiger partial charge in [-0.15, -0.1) is 11.3 Å². The lowest BCUT2D eigenvalue weighted by Crippen LogP contribution is -2.27. The van der Waals surface area contributed by atoms with Crippen LogP contribution in [0, 0.1) is 5.82 Å². The van der Waals surface area contributed by atoms with E-state index in [1.54, 1.807) is 67.0 Å². The van der Waals surface area contributed by atoms with Crippen LogP contribution in [-0.2, 0) is 16.6 Å². The summed E-state index contributed by atoms with van der Waals surface area (Å²) in [6, 6.07) is 15.8. The van der Waals surface area contributed by atoms with Crippen LogP contribution in [0.15, 0.2) is 70.3 Å². The monoisotopic (exact) mass is 418 g/mol. The van der Waals surface area contributed by atoms with Crippen molar-refractivity contribution < 1.29 is 17.6 Å². The second-order valence-corrected chi connectivity index (χ2v) is 9.35. The first-order valence-corrected chi connectivity index (χ1v) is 10.7. The van der Waals surface area contributed by atoms with Crippen LogP contribution in [0.2, 0.25) is 0 Å². The number of rotatable bonds is 6. The first-order valence-electron chi connectivity index (χ1n) is 8.42. The lowest BCUT2D eigenvalue weighted by atomic mass is 10.1. The molecule has 0 saturated carbocycles. The first kappa shape index (κ1) is 20.0. The number of carbonyl (C=O) groups excluding carboxylic acids is 1. The van der Waals surface area contributed by atoms with E-state index < -0.39 is 10.0 Å². The van der Waals surface area contributed by atoms with Crippen LogP contribution in [-0.4, -0.2) is 33.3 Å². The lowest BCUT2D eigenvalue weighted by Gasteiger charge is -2.20. The Hall–Kier alpha value is -2.71. The molecule has 1 heterocycles. The highest BCUT2D eigenvalue weighted by molar-refractivity contribution is 7.94. The minimum atomic E-state index is -3.63. The Labute approximate surface area is 167 Å². The molecule has 3 aromatic rings. The fourth-order valence-corrected chi connectivity index (χ4v) is 5.03. The van der Waals surface area contributed by atoms with E-state index in [1.807, 2.05) is 0 Å². The third-order valence-corrected chi connectivity index (χ3v) is 7.46. The second kappa shape index (κ2) is 8.12. The number of hydrogen-bond donors (Lipinski definition) is 0. The van der Waals surface area contributed by atoms with Crippen molar-refractivity contribution in [3.63, 3.8) is 0 Å². The van der Waals surface area contributed by atoms with Crippen LogP contribution in [0.5, 0.6) is 0 Å². The average molecular weight is 419 g/mol. The minimum absolute atomic E-state index is 0.139. The quantitative estimate of drug-likeness (QED) is 0.608.